The van der Waals surface area contributed by atoms with Crippen LogP contribution in [-0.2, 0) is 0 Å². The highest BCUT2D eigenvalue weighted by molar-refractivity contribution is 7.80. The van der Waals surface area contributed by atoms with Crippen LogP contribution in [0.4, 0.5) is 0 Å². The lowest BCUT2D eigenvalue weighted by molar-refractivity contribution is 0.213. The average molecular weight is 174 g/mol. The maximum Gasteiger partial charge on any atom is 0.0742 e. The minimum Gasteiger partial charge on any atom is -0.393 e. The number of thiocarbonyl (C=S) groups is 1. The molecule has 0 heterocycles. The quantitative estimate of drug-likeness (QED) is 0.653. The molecule has 0 rings (SSSR count). The maximum atomic E-state index is 5.44. The summed E-state index contributed by atoms with van der Waals surface area (Å²) in [7, 11) is 2.09. The number of rotatable bonds is 4. The van der Waals surface area contributed by atoms with Gasteiger partial charge in [0.25, 0.3) is 0 Å². The van der Waals surface area contributed by atoms with E-state index in [1.165, 1.54) is 0 Å². The molecule has 0 spiro atoms. The molecule has 1 atom stereocenters. The Kier molecular flexibility index (Phi) is 4.61. The third kappa shape index (κ3) is 4.32. The molecule has 2 N–H and O–H groups in total. The van der Waals surface area contributed by atoms with Gasteiger partial charge in [-0.05, 0) is 27.8 Å². The summed E-state index contributed by atoms with van der Waals surface area (Å²) in [6.45, 7) is 6.46. The summed E-state index contributed by atoms with van der Waals surface area (Å²) >= 11 is 4.83. The van der Waals surface area contributed by atoms with Gasteiger partial charge in [0.2, 0.25) is 0 Å². The van der Waals surface area contributed by atoms with Crippen molar-refractivity contribution in [2.75, 3.05) is 7.05 Å². The molecule has 3 heteroatoms. The molecule has 0 saturated heterocycles. The Morgan fingerprint density at radius 2 is 1.91 bits per heavy atom. The van der Waals surface area contributed by atoms with E-state index in [9.17, 15) is 0 Å². The Bertz CT molecular complexity index is 134. The van der Waals surface area contributed by atoms with E-state index in [-0.39, 0.29) is 0 Å². The van der Waals surface area contributed by atoms with Gasteiger partial charge in [0.1, 0.15) is 0 Å². The second-order valence-electron chi connectivity index (χ2n) is 3.28. The summed E-state index contributed by atoms with van der Waals surface area (Å²) in [6, 6.07) is 1.01. The van der Waals surface area contributed by atoms with Crippen LogP contribution >= 0.6 is 12.2 Å². The standard InChI is InChI=1S/C8H18N2S/c1-6(2)10(4)7(3)5-8(9)11/h6-7H,5H2,1-4H3,(H2,9,11). The monoisotopic (exact) mass is 174 g/mol. The Labute approximate surface area is 74.8 Å². The molecular weight excluding hydrogens is 156 g/mol. The average Bonchev–Trinajstić information content (AvgIpc) is 1.84. The number of nitrogens with two attached hydrogens (primary N) is 1. The van der Waals surface area contributed by atoms with Crippen molar-refractivity contribution in [1.29, 1.82) is 0 Å². The smallest absolute Gasteiger partial charge is 0.0742 e. The Morgan fingerprint density at radius 3 is 2.18 bits per heavy atom. The van der Waals surface area contributed by atoms with Crippen molar-refractivity contribution in [2.24, 2.45) is 5.73 Å². The molecule has 66 valence electrons. The van der Waals surface area contributed by atoms with Gasteiger partial charge in [-0.15, -0.1) is 0 Å². The predicted octanol–water partition coefficient (Wildman–Crippen LogP) is 1.39. The zero-order valence-electron chi connectivity index (χ0n) is 7.79. The Morgan fingerprint density at radius 1 is 1.45 bits per heavy atom. The fourth-order valence-electron chi connectivity index (χ4n) is 0.944. The van der Waals surface area contributed by atoms with Crippen LogP contribution in [0, 0.1) is 0 Å². The van der Waals surface area contributed by atoms with Gasteiger partial charge in [-0.3, -0.25) is 0 Å². The van der Waals surface area contributed by atoms with Crippen LogP contribution in [0.5, 0.6) is 0 Å². The van der Waals surface area contributed by atoms with E-state index in [2.05, 4.69) is 32.7 Å². The third-order valence-electron chi connectivity index (χ3n) is 2.01. The van der Waals surface area contributed by atoms with Crippen molar-refractivity contribution in [2.45, 2.75) is 39.3 Å². The summed E-state index contributed by atoms with van der Waals surface area (Å²) in [6.07, 6.45) is 0.810. The summed E-state index contributed by atoms with van der Waals surface area (Å²) in [5.74, 6) is 0. The zero-order chi connectivity index (χ0) is 9.02. The van der Waals surface area contributed by atoms with Gasteiger partial charge >= 0.3 is 0 Å². The van der Waals surface area contributed by atoms with Crippen LogP contribution in [-0.4, -0.2) is 29.0 Å². The molecular formula is C8H18N2S. The number of hydrogen-bond donors (Lipinski definition) is 1. The van der Waals surface area contributed by atoms with Crippen molar-refractivity contribution in [3.8, 4) is 0 Å². The van der Waals surface area contributed by atoms with Crippen molar-refractivity contribution in [3.63, 3.8) is 0 Å². The lowest BCUT2D eigenvalue weighted by Gasteiger charge is -2.27. The second-order valence-corrected chi connectivity index (χ2v) is 3.80. The Hall–Kier alpha value is -0.150. The maximum absolute atomic E-state index is 5.44. The van der Waals surface area contributed by atoms with Crippen molar-refractivity contribution in [1.82, 2.24) is 4.90 Å². The molecule has 0 fully saturated rings. The molecule has 0 aliphatic heterocycles. The van der Waals surface area contributed by atoms with Crippen LogP contribution < -0.4 is 5.73 Å². The molecule has 2 nitrogen and oxygen atoms in total. The Balaban J connectivity index is 3.82. The topological polar surface area (TPSA) is 29.3 Å². The zero-order valence-corrected chi connectivity index (χ0v) is 8.61. The summed E-state index contributed by atoms with van der Waals surface area (Å²) < 4.78 is 0. The molecule has 0 aromatic rings. The summed E-state index contributed by atoms with van der Waals surface area (Å²) in [5, 5.41) is 0. The highest BCUT2D eigenvalue weighted by atomic mass is 32.1. The first-order valence-corrected chi connectivity index (χ1v) is 4.36. The predicted molar refractivity (Wildman–Crippen MR) is 53.8 cm³/mol. The fraction of sp³-hybridized carbons (Fsp3) is 0.875. The van der Waals surface area contributed by atoms with Gasteiger partial charge in [-0.25, -0.2) is 0 Å². The van der Waals surface area contributed by atoms with E-state index in [4.69, 9.17) is 18.0 Å². The minimum absolute atomic E-state index is 0.451. The fourth-order valence-corrected chi connectivity index (χ4v) is 1.19. The summed E-state index contributed by atoms with van der Waals surface area (Å²) in [5.41, 5.74) is 5.44. The first-order chi connectivity index (χ1) is 4.95. The summed E-state index contributed by atoms with van der Waals surface area (Å²) in [4.78, 5) is 2.86. The van der Waals surface area contributed by atoms with E-state index >= 15 is 0 Å². The lowest BCUT2D eigenvalue weighted by atomic mass is 10.2. The molecule has 0 aliphatic carbocycles. The highest BCUT2D eigenvalue weighted by Gasteiger charge is 2.12. The van der Waals surface area contributed by atoms with Gasteiger partial charge in [-0.2, -0.15) is 0 Å². The molecule has 0 aromatic heterocycles. The van der Waals surface area contributed by atoms with Gasteiger partial charge < -0.3 is 10.6 Å². The first-order valence-electron chi connectivity index (χ1n) is 3.95. The second kappa shape index (κ2) is 4.67. The van der Waals surface area contributed by atoms with Crippen molar-refractivity contribution >= 4 is 17.2 Å². The van der Waals surface area contributed by atoms with Crippen LogP contribution in [0.25, 0.3) is 0 Å². The van der Waals surface area contributed by atoms with Crippen LogP contribution in [0.15, 0.2) is 0 Å². The van der Waals surface area contributed by atoms with Crippen LogP contribution in [0.1, 0.15) is 27.2 Å². The van der Waals surface area contributed by atoms with E-state index in [0.717, 1.165) is 6.42 Å². The van der Waals surface area contributed by atoms with E-state index in [0.29, 0.717) is 17.1 Å². The lowest BCUT2D eigenvalue weighted by Crippen LogP contribution is -2.37. The molecule has 0 amide bonds. The van der Waals surface area contributed by atoms with E-state index < -0.39 is 0 Å². The van der Waals surface area contributed by atoms with Crippen LogP contribution in [0.3, 0.4) is 0 Å². The van der Waals surface area contributed by atoms with Crippen LogP contribution in [0.2, 0.25) is 0 Å². The molecule has 0 saturated carbocycles. The van der Waals surface area contributed by atoms with Gasteiger partial charge in [0.15, 0.2) is 0 Å². The number of nitrogens with zero attached hydrogens (tertiary/aromatic N) is 1. The number of hydrogen-bond acceptors (Lipinski definition) is 2. The van der Waals surface area contributed by atoms with Gasteiger partial charge in [0, 0.05) is 18.5 Å². The van der Waals surface area contributed by atoms with Gasteiger partial charge in [0.05, 0.1) is 4.99 Å². The molecule has 0 aliphatic rings. The van der Waals surface area contributed by atoms with Crippen molar-refractivity contribution in [3.05, 3.63) is 0 Å². The molecule has 1 unspecified atom stereocenters. The van der Waals surface area contributed by atoms with Crippen molar-refractivity contribution < 1.29 is 0 Å². The first kappa shape index (κ1) is 10.8. The highest BCUT2D eigenvalue weighted by Crippen LogP contribution is 2.04. The third-order valence-corrected chi connectivity index (χ3v) is 2.17. The van der Waals surface area contributed by atoms with Gasteiger partial charge in [-0.1, -0.05) is 12.2 Å². The SMILES string of the molecule is CC(C)N(C)C(C)CC(N)=S. The normalized spacial score (nSPS) is 14.0. The largest absolute Gasteiger partial charge is 0.393 e. The molecule has 0 radical (unpaired) electrons. The van der Waals surface area contributed by atoms with E-state index in [1.54, 1.807) is 0 Å². The molecule has 11 heavy (non-hydrogen) atoms. The van der Waals surface area contributed by atoms with E-state index in [1.807, 2.05) is 0 Å². The minimum atomic E-state index is 0.451. The molecule has 0 aromatic carbocycles. The molecule has 0 bridgehead atoms.